The number of aromatic nitrogens is 1. The molecule has 21 heavy (non-hydrogen) atoms. The van der Waals surface area contributed by atoms with Crippen LogP contribution >= 0.6 is 0 Å². The van der Waals surface area contributed by atoms with Crippen LogP contribution in [0.25, 0.3) is 0 Å². The normalized spacial score (nSPS) is 19.9. The number of nitrogens with zero attached hydrogens (tertiary/aromatic N) is 2. The van der Waals surface area contributed by atoms with Crippen molar-refractivity contribution in [2.75, 3.05) is 26.7 Å². The molecule has 1 atom stereocenters. The summed E-state index contributed by atoms with van der Waals surface area (Å²) >= 11 is 0. The first-order valence-electron chi connectivity index (χ1n) is 8.14. The van der Waals surface area contributed by atoms with E-state index in [1.54, 1.807) is 0 Å². The summed E-state index contributed by atoms with van der Waals surface area (Å²) in [5.74, 6) is 1.42. The molecule has 118 valence electrons. The molecule has 0 bridgehead atoms. The van der Waals surface area contributed by atoms with E-state index in [2.05, 4.69) is 42.2 Å². The molecule has 4 heteroatoms. The zero-order valence-electron chi connectivity index (χ0n) is 13.6. The van der Waals surface area contributed by atoms with E-state index in [0.717, 1.165) is 25.6 Å². The summed E-state index contributed by atoms with van der Waals surface area (Å²) in [6, 6.07) is 4.63. The number of pyridine rings is 1. The smallest absolute Gasteiger partial charge is 0.213 e. The van der Waals surface area contributed by atoms with Crippen molar-refractivity contribution in [2.45, 2.75) is 45.7 Å². The van der Waals surface area contributed by atoms with Crippen molar-refractivity contribution in [3.8, 4) is 5.88 Å². The lowest BCUT2D eigenvalue weighted by Crippen LogP contribution is -2.40. The van der Waals surface area contributed by atoms with Gasteiger partial charge in [-0.1, -0.05) is 20.3 Å². The van der Waals surface area contributed by atoms with E-state index in [9.17, 15) is 0 Å². The predicted octanol–water partition coefficient (Wildman–Crippen LogP) is 2.69. The molecule has 2 rings (SSSR count). The largest absolute Gasteiger partial charge is 0.476 e. The second-order valence-corrected chi connectivity index (χ2v) is 6.47. The number of hydrogen-bond donors (Lipinski definition) is 1. The van der Waals surface area contributed by atoms with Gasteiger partial charge in [0.05, 0.1) is 0 Å². The van der Waals surface area contributed by atoms with Crippen molar-refractivity contribution < 1.29 is 4.74 Å². The van der Waals surface area contributed by atoms with Crippen molar-refractivity contribution in [3.05, 3.63) is 23.9 Å². The highest BCUT2D eigenvalue weighted by Gasteiger charge is 2.19. The third-order valence-electron chi connectivity index (χ3n) is 4.03. The fraction of sp³-hybridized carbons (Fsp3) is 0.706. The van der Waals surface area contributed by atoms with Crippen molar-refractivity contribution >= 4 is 0 Å². The second-order valence-electron chi connectivity index (χ2n) is 6.47. The monoisotopic (exact) mass is 291 g/mol. The van der Waals surface area contributed by atoms with Crippen LogP contribution in [0.5, 0.6) is 5.88 Å². The average molecular weight is 291 g/mol. The summed E-state index contributed by atoms with van der Waals surface area (Å²) in [4.78, 5) is 6.72. The maximum atomic E-state index is 5.90. The van der Waals surface area contributed by atoms with Gasteiger partial charge in [-0.2, -0.15) is 0 Å². The molecule has 1 fully saturated rings. The number of hydrogen-bond acceptors (Lipinski definition) is 4. The van der Waals surface area contributed by atoms with E-state index < -0.39 is 0 Å². The van der Waals surface area contributed by atoms with Gasteiger partial charge in [-0.25, -0.2) is 4.98 Å². The summed E-state index contributed by atoms with van der Waals surface area (Å²) < 4.78 is 5.90. The van der Waals surface area contributed by atoms with Gasteiger partial charge in [-0.3, -0.25) is 0 Å². The van der Waals surface area contributed by atoms with Crippen molar-refractivity contribution in [3.63, 3.8) is 0 Å². The highest BCUT2D eigenvalue weighted by molar-refractivity contribution is 5.20. The van der Waals surface area contributed by atoms with Crippen LogP contribution in [0.1, 0.15) is 38.7 Å². The Labute approximate surface area is 128 Å². The topological polar surface area (TPSA) is 37.4 Å². The summed E-state index contributed by atoms with van der Waals surface area (Å²) in [6.07, 6.45) is 5.69. The Morgan fingerprint density at radius 2 is 2.29 bits per heavy atom. The van der Waals surface area contributed by atoms with Crippen LogP contribution in [0.15, 0.2) is 18.3 Å². The lowest BCUT2D eigenvalue weighted by atomic mass is 10.0. The molecule has 0 aliphatic carbocycles. The first kappa shape index (κ1) is 16.2. The lowest BCUT2D eigenvalue weighted by molar-refractivity contribution is 0.122. The summed E-state index contributed by atoms with van der Waals surface area (Å²) in [5, 5.41) is 3.45. The summed E-state index contributed by atoms with van der Waals surface area (Å²) in [5.41, 5.74) is 1.23. The molecule has 2 heterocycles. The van der Waals surface area contributed by atoms with Crippen LogP contribution in [-0.4, -0.2) is 42.7 Å². The minimum absolute atomic E-state index is 0.531. The Kier molecular flexibility index (Phi) is 6.46. The Morgan fingerprint density at radius 3 is 3.05 bits per heavy atom. The van der Waals surface area contributed by atoms with Gasteiger partial charge in [0.2, 0.25) is 5.88 Å². The van der Waals surface area contributed by atoms with Crippen molar-refractivity contribution in [1.29, 1.82) is 0 Å². The van der Waals surface area contributed by atoms with E-state index in [0.29, 0.717) is 12.0 Å². The van der Waals surface area contributed by atoms with Crippen molar-refractivity contribution in [2.24, 2.45) is 5.92 Å². The minimum Gasteiger partial charge on any atom is -0.476 e. The molecule has 4 nitrogen and oxygen atoms in total. The fourth-order valence-corrected chi connectivity index (χ4v) is 2.68. The fourth-order valence-electron chi connectivity index (χ4n) is 2.68. The Balaban J connectivity index is 1.80. The number of ether oxygens (including phenoxy) is 1. The highest BCUT2D eigenvalue weighted by atomic mass is 16.5. The van der Waals surface area contributed by atoms with Gasteiger partial charge < -0.3 is 15.0 Å². The molecule has 0 aromatic carbocycles. The molecule has 0 radical (unpaired) electrons. The van der Waals surface area contributed by atoms with E-state index in [1.807, 2.05) is 12.3 Å². The first-order chi connectivity index (χ1) is 10.1. The van der Waals surface area contributed by atoms with E-state index in [1.165, 1.54) is 31.4 Å². The summed E-state index contributed by atoms with van der Waals surface area (Å²) in [6.45, 7) is 8.27. The second kappa shape index (κ2) is 8.35. The molecule has 1 unspecified atom stereocenters. The maximum absolute atomic E-state index is 5.90. The Bertz CT molecular complexity index is 422. The third kappa shape index (κ3) is 5.64. The number of piperidine rings is 1. The minimum atomic E-state index is 0.531. The van der Waals surface area contributed by atoms with Crippen LogP contribution in [0, 0.1) is 5.92 Å². The molecule has 1 aliphatic heterocycles. The maximum Gasteiger partial charge on any atom is 0.213 e. The van der Waals surface area contributed by atoms with Crippen LogP contribution < -0.4 is 10.1 Å². The molecule has 1 aliphatic rings. The first-order valence-corrected chi connectivity index (χ1v) is 8.14. The van der Waals surface area contributed by atoms with Gasteiger partial charge in [-0.05, 0) is 50.5 Å². The number of nitrogens with one attached hydrogen (secondary N) is 1. The molecule has 0 saturated carbocycles. The van der Waals surface area contributed by atoms with E-state index in [-0.39, 0.29) is 0 Å². The van der Waals surface area contributed by atoms with Gasteiger partial charge >= 0.3 is 0 Å². The Hall–Kier alpha value is -1.13. The van der Waals surface area contributed by atoms with Crippen molar-refractivity contribution in [1.82, 2.24) is 15.2 Å². The zero-order valence-corrected chi connectivity index (χ0v) is 13.6. The van der Waals surface area contributed by atoms with E-state index in [4.69, 9.17) is 4.74 Å². The molecule has 1 N–H and O–H groups in total. The molecule has 1 saturated heterocycles. The molecule has 0 amide bonds. The van der Waals surface area contributed by atoms with Crippen LogP contribution in [0.3, 0.4) is 0 Å². The molecule has 0 spiro atoms. The number of likely N-dealkylation sites (N-methyl/N-ethyl adjacent to an activating group) is 1. The standard InChI is InChI=1S/C17H29N3O/c1-14(2)11-18-12-15-7-8-19-17(10-15)21-13-16-6-4-5-9-20(16)3/h7-8,10,14,16,18H,4-6,9,11-13H2,1-3H3. The summed E-state index contributed by atoms with van der Waals surface area (Å²) in [7, 11) is 2.19. The highest BCUT2D eigenvalue weighted by Crippen LogP contribution is 2.17. The van der Waals surface area contributed by atoms with Crippen LogP contribution in [0.2, 0.25) is 0 Å². The number of rotatable bonds is 7. The van der Waals surface area contributed by atoms with Gasteiger partial charge in [0.25, 0.3) is 0 Å². The number of likely N-dealkylation sites (tertiary alicyclic amines) is 1. The Morgan fingerprint density at radius 1 is 1.43 bits per heavy atom. The predicted molar refractivity (Wildman–Crippen MR) is 86.5 cm³/mol. The van der Waals surface area contributed by atoms with Crippen LogP contribution in [-0.2, 0) is 6.54 Å². The van der Waals surface area contributed by atoms with Gasteiger partial charge in [0, 0.05) is 24.8 Å². The molecular weight excluding hydrogens is 262 g/mol. The quantitative estimate of drug-likeness (QED) is 0.838. The van der Waals surface area contributed by atoms with Gasteiger partial charge in [0.1, 0.15) is 6.61 Å². The lowest BCUT2D eigenvalue weighted by Gasteiger charge is -2.31. The average Bonchev–Trinajstić information content (AvgIpc) is 2.46. The van der Waals surface area contributed by atoms with E-state index >= 15 is 0 Å². The third-order valence-corrected chi connectivity index (χ3v) is 4.03. The van der Waals surface area contributed by atoms with Gasteiger partial charge in [-0.15, -0.1) is 0 Å². The van der Waals surface area contributed by atoms with Gasteiger partial charge in [0.15, 0.2) is 0 Å². The molecular formula is C17H29N3O. The zero-order chi connectivity index (χ0) is 15.1. The molecule has 1 aromatic heterocycles. The SMILES string of the molecule is CC(C)CNCc1ccnc(OCC2CCCCN2C)c1. The molecule has 1 aromatic rings. The van der Waals surface area contributed by atoms with Crippen LogP contribution in [0.4, 0.5) is 0 Å².